The molecule has 1 aromatic heterocycles. The molecule has 1 aromatic carbocycles. The number of para-hydroxylation sites is 1. The highest BCUT2D eigenvalue weighted by Crippen LogP contribution is 2.30. The van der Waals surface area contributed by atoms with Crippen molar-refractivity contribution < 1.29 is 14.1 Å². The Kier molecular flexibility index (Phi) is 4.74. The van der Waals surface area contributed by atoms with Gasteiger partial charge in [-0.05, 0) is 17.5 Å². The van der Waals surface area contributed by atoms with E-state index in [0.29, 0.717) is 12.3 Å². The van der Waals surface area contributed by atoms with Crippen molar-refractivity contribution in [2.75, 3.05) is 12.4 Å². The molecule has 0 fully saturated rings. The summed E-state index contributed by atoms with van der Waals surface area (Å²) in [5.41, 5.74) is 2.51. The number of fused-ring (bicyclic) bond motifs is 1. The maximum atomic E-state index is 12.5. The van der Waals surface area contributed by atoms with Crippen LogP contribution in [0.2, 0.25) is 0 Å². The Balaban J connectivity index is 1.66. The van der Waals surface area contributed by atoms with Crippen LogP contribution in [0.25, 0.3) is 0 Å². The lowest BCUT2D eigenvalue weighted by molar-refractivity contribution is -0.116. The smallest absolute Gasteiger partial charge is 0.318 e. The van der Waals surface area contributed by atoms with E-state index in [-0.39, 0.29) is 30.3 Å². The maximum Gasteiger partial charge on any atom is 0.318 e. The number of hydrogen-bond donors (Lipinski definition) is 2. The second-order valence-corrected chi connectivity index (χ2v) is 6.57. The Morgan fingerprint density at radius 1 is 1.44 bits per heavy atom. The summed E-state index contributed by atoms with van der Waals surface area (Å²) in [6, 6.07) is 8.73. The van der Waals surface area contributed by atoms with Crippen molar-refractivity contribution in [1.82, 2.24) is 15.4 Å². The molecule has 0 radical (unpaired) electrons. The van der Waals surface area contributed by atoms with Gasteiger partial charge in [-0.3, -0.25) is 4.79 Å². The summed E-state index contributed by atoms with van der Waals surface area (Å²) in [5, 5.41) is 9.73. The number of hydrogen-bond acceptors (Lipinski definition) is 4. The van der Waals surface area contributed by atoms with Gasteiger partial charge < -0.3 is 20.1 Å². The van der Waals surface area contributed by atoms with Gasteiger partial charge in [0.05, 0.1) is 24.7 Å². The van der Waals surface area contributed by atoms with Crippen LogP contribution in [-0.2, 0) is 11.3 Å². The van der Waals surface area contributed by atoms with Crippen molar-refractivity contribution in [3.8, 4) is 0 Å². The van der Waals surface area contributed by atoms with Gasteiger partial charge in [-0.1, -0.05) is 37.2 Å². The highest BCUT2D eigenvalue weighted by molar-refractivity contribution is 5.95. The van der Waals surface area contributed by atoms with Crippen LogP contribution < -0.4 is 10.6 Å². The maximum absolute atomic E-state index is 12.5. The summed E-state index contributed by atoms with van der Waals surface area (Å²) in [4.78, 5) is 25.9. The molecular weight excluding hydrogens is 320 g/mol. The first-order chi connectivity index (χ1) is 11.9. The van der Waals surface area contributed by atoms with Crippen molar-refractivity contribution in [1.29, 1.82) is 0 Å². The summed E-state index contributed by atoms with van der Waals surface area (Å²) < 4.78 is 5.27. The molecule has 3 rings (SSSR count). The van der Waals surface area contributed by atoms with Gasteiger partial charge >= 0.3 is 6.03 Å². The lowest BCUT2D eigenvalue weighted by atomic mass is 9.97. The van der Waals surface area contributed by atoms with Gasteiger partial charge in [-0.15, -0.1) is 0 Å². The molecule has 0 bridgehead atoms. The fourth-order valence-electron chi connectivity index (χ4n) is 2.78. The van der Waals surface area contributed by atoms with Crippen LogP contribution in [0.1, 0.15) is 49.2 Å². The van der Waals surface area contributed by atoms with Crippen molar-refractivity contribution in [3.63, 3.8) is 0 Å². The number of urea groups is 1. The number of nitrogens with one attached hydrogen (secondary N) is 2. The number of anilines is 1. The van der Waals surface area contributed by atoms with Crippen LogP contribution in [0.15, 0.2) is 34.9 Å². The summed E-state index contributed by atoms with van der Waals surface area (Å²) in [6.45, 7) is 4.37. The molecular formula is C18H22N4O3. The van der Waals surface area contributed by atoms with Gasteiger partial charge in [-0.2, -0.15) is 0 Å². The van der Waals surface area contributed by atoms with E-state index in [0.717, 1.165) is 16.9 Å². The first-order valence-electron chi connectivity index (χ1n) is 8.30. The van der Waals surface area contributed by atoms with E-state index in [1.54, 1.807) is 7.05 Å². The van der Waals surface area contributed by atoms with Crippen molar-refractivity contribution in [2.24, 2.45) is 0 Å². The molecule has 1 aliphatic rings. The van der Waals surface area contributed by atoms with Gasteiger partial charge in [0.15, 0.2) is 5.76 Å². The number of carbonyl (C=O) groups is 2. The van der Waals surface area contributed by atoms with Crippen molar-refractivity contribution in [2.45, 2.75) is 38.8 Å². The molecule has 0 saturated carbocycles. The van der Waals surface area contributed by atoms with Crippen LogP contribution in [0.4, 0.5) is 10.5 Å². The first kappa shape index (κ1) is 17.0. The minimum absolute atomic E-state index is 0.108. The summed E-state index contributed by atoms with van der Waals surface area (Å²) in [6.07, 6.45) is 0.219. The SMILES string of the molecule is CC(C)c1cc(CN(C)C(=O)N[C@@H]2CC(=O)Nc3ccccc32)on1. The summed E-state index contributed by atoms with van der Waals surface area (Å²) >= 11 is 0. The molecule has 2 N–H and O–H groups in total. The highest BCUT2D eigenvalue weighted by atomic mass is 16.5. The number of amides is 3. The van der Waals surface area contributed by atoms with Crippen LogP contribution >= 0.6 is 0 Å². The highest BCUT2D eigenvalue weighted by Gasteiger charge is 2.27. The Morgan fingerprint density at radius 3 is 2.92 bits per heavy atom. The van der Waals surface area contributed by atoms with E-state index >= 15 is 0 Å². The van der Waals surface area contributed by atoms with Gasteiger partial charge in [0.2, 0.25) is 5.91 Å². The van der Waals surface area contributed by atoms with E-state index in [1.807, 2.05) is 44.2 Å². The monoisotopic (exact) mass is 342 g/mol. The fraction of sp³-hybridized carbons (Fsp3) is 0.389. The third-order valence-electron chi connectivity index (χ3n) is 4.21. The largest absolute Gasteiger partial charge is 0.359 e. The number of carbonyl (C=O) groups excluding carboxylic acids is 2. The molecule has 3 amide bonds. The predicted molar refractivity (Wildman–Crippen MR) is 93.0 cm³/mol. The standard InChI is InChI=1S/C18H22N4O3/c1-11(2)15-8-12(25-21-15)10-22(3)18(24)20-16-9-17(23)19-14-7-5-4-6-13(14)16/h4-8,11,16H,9-10H2,1-3H3,(H,19,23)(H,20,24)/t16-/m1/s1. The number of rotatable bonds is 4. The average Bonchev–Trinajstić information content (AvgIpc) is 3.03. The van der Waals surface area contributed by atoms with Gasteiger partial charge in [-0.25, -0.2) is 4.79 Å². The Morgan fingerprint density at radius 2 is 2.20 bits per heavy atom. The number of aromatic nitrogens is 1. The zero-order valence-electron chi connectivity index (χ0n) is 14.6. The molecule has 25 heavy (non-hydrogen) atoms. The number of benzene rings is 1. The zero-order chi connectivity index (χ0) is 18.0. The Bertz CT molecular complexity index is 784. The minimum atomic E-state index is -0.346. The molecule has 132 valence electrons. The fourth-order valence-corrected chi connectivity index (χ4v) is 2.78. The second kappa shape index (κ2) is 6.96. The lowest BCUT2D eigenvalue weighted by Crippen LogP contribution is -2.41. The van der Waals surface area contributed by atoms with Gasteiger partial charge in [0.1, 0.15) is 0 Å². The van der Waals surface area contributed by atoms with E-state index in [1.165, 1.54) is 4.90 Å². The Labute approximate surface area is 146 Å². The summed E-state index contributed by atoms with van der Waals surface area (Å²) in [7, 11) is 1.68. The van der Waals surface area contributed by atoms with Crippen LogP contribution in [-0.4, -0.2) is 29.0 Å². The van der Waals surface area contributed by atoms with Crippen LogP contribution in [0.5, 0.6) is 0 Å². The first-order valence-corrected chi connectivity index (χ1v) is 8.30. The molecule has 7 nitrogen and oxygen atoms in total. The lowest BCUT2D eigenvalue weighted by Gasteiger charge is -2.28. The molecule has 0 aliphatic carbocycles. The van der Waals surface area contributed by atoms with Crippen molar-refractivity contribution in [3.05, 3.63) is 47.3 Å². The van der Waals surface area contributed by atoms with E-state index < -0.39 is 0 Å². The normalized spacial score (nSPS) is 16.3. The van der Waals surface area contributed by atoms with E-state index in [2.05, 4.69) is 15.8 Å². The molecule has 7 heteroatoms. The predicted octanol–water partition coefficient (Wildman–Crippen LogP) is 3.02. The zero-order valence-corrected chi connectivity index (χ0v) is 14.6. The number of nitrogens with zero attached hydrogens (tertiary/aromatic N) is 2. The molecule has 0 unspecified atom stereocenters. The minimum Gasteiger partial charge on any atom is -0.359 e. The molecule has 2 aromatic rings. The van der Waals surface area contributed by atoms with E-state index in [4.69, 9.17) is 4.52 Å². The molecule has 0 spiro atoms. The second-order valence-electron chi connectivity index (χ2n) is 6.57. The molecule has 1 aliphatic heterocycles. The molecule has 2 heterocycles. The van der Waals surface area contributed by atoms with Gasteiger partial charge in [0, 0.05) is 18.8 Å². The average molecular weight is 342 g/mol. The molecule has 0 saturated heterocycles. The van der Waals surface area contributed by atoms with Crippen molar-refractivity contribution >= 4 is 17.6 Å². The Hall–Kier alpha value is -2.83. The summed E-state index contributed by atoms with van der Waals surface area (Å²) in [5.74, 6) is 0.792. The van der Waals surface area contributed by atoms with E-state index in [9.17, 15) is 9.59 Å². The third kappa shape index (κ3) is 3.81. The third-order valence-corrected chi connectivity index (χ3v) is 4.21. The van der Waals surface area contributed by atoms with Crippen LogP contribution in [0.3, 0.4) is 0 Å². The van der Waals surface area contributed by atoms with Crippen LogP contribution in [0, 0.1) is 0 Å². The topological polar surface area (TPSA) is 87.5 Å². The quantitative estimate of drug-likeness (QED) is 0.894. The molecule has 1 atom stereocenters. The van der Waals surface area contributed by atoms with Gasteiger partial charge in [0.25, 0.3) is 0 Å².